The van der Waals surface area contributed by atoms with Gasteiger partial charge in [-0.2, -0.15) is 26.3 Å². The lowest BCUT2D eigenvalue weighted by molar-refractivity contribution is -0.417. The van der Waals surface area contributed by atoms with E-state index >= 15 is 0 Å². The van der Waals surface area contributed by atoms with E-state index in [4.69, 9.17) is 0 Å². The van der Waals surface area contributed by atoms with Gasteiger partial charge in [0.25, 0.3) is 5.79 Å². The first-order valence-electron chi connectivity index (χ1n) is 7.30. The molecule has 0 saturated heterocycles. The third-order valence-electron chi connectivity index (χ3n) is 3.70. The molecule has 0 aliphatic heterocycles. The number of halogens is 6. The van der Waals surface area contributed by atoms with Crippen LogP contribution in [-0.2, 0) is 9.47 Å². The highest BCUT2D eigenvalue weighted by Gasteiger charge is 2.68. The van der Waals surface area contributed by atoms with Gasteiger partial charge in [0.15, 0.2) is 0 Å². The molecule has 0 spiro atoms. The summed E-state index contributed by atoms with van der Waals surface area (Å²) in [6, 6.07) is 0. The Morgan fingerprint density at radius 3 is 1.59 bits per heavy atom. The zero-order valence-electron chi connectivity index (χ0n) is 13.1. The van der Waals surface area contributed by atoms with Crippen molar-refractivity contribution in [3.8, 4) is 0 Å². The number of hydrogen-bond donors (Lipinski definition) is 0. The Balaban J connectivity index is 4.97. The Bertz CT molecular complexity index is 297. The van der Waals surface area contributed by atoms with Gasteiger partial charge in [-0.1, -0.05) is 45.4 Å². The topological polar surface area (TPSA) is 18.5 Å². The molecule has 0 radical (unpaired) electrons. The second kappa shape index (κ2) is 8.96. The summed E-state index contributed by atoms with van der Waals surface area (Å²) in [6.45, 7) is 1.99. The van der Waals surface area contributed by atoms with Gasteiger partial charge in [-0.05, 0) is 6.42 Å². The fourth-order valence-corrected chi connectivity index (χ4v) is 2.49. The van der Waals surface area contributed by atoms with Crippen LogP contribution >= 0.6 is 0 Å². The molecule has 22 heavy (non-hydrogen) atoms. The van der Waals surface area contributed by atoms with Gasteiger partial charge >= 0.3 is 12.4 Å². The lowest BCUT2D eigenvalue weighted by Crippen LogP contribution is -2.58. The van der Waals surface area contributed by atoms with Gasteiger partial charge in [0, 0.05) is 14.2 Å². The summed E-state index contributed by atoms with van der Waals surface area (Å²) in [7, 11) is 1.16. The minimum atomic E-state index is -5.28. The largest absolute Gasteiger partial charge is 0.443 e. The normalized spacial score (nSPS) is 15.1. The van der Waals surface area contributed by atoms with E-state index < -0.39 is 30.5 Å². The van der Waals surface area contributed by atoms with Crippen LogP contribution in [0, 0.1) is 5.92 Å². The van der Waals surface area contributed by atoms with E-state index in [1.165, 1.54) is 0 Å². The lowest BCUT2D eigenvalue weighted by Gasteiger charge is -2.40. The van der Waals surface area contributed by atoms with E-state index in [0.29, 0.717) is 27.1 Å². The van der Waals surface area contributed by atoms with E-state index in [0.717, 1.165) is 19.3 Å². The van der Waals surface area contributed by atoms with Crippen molar-refractivity contribution in [2.75, 3.05) is 14.2 Å². The zero-order valence-corrected chi connectivity index (χ0v) is 13.1. The predicted octanol–water partition coefficient (Wildman–Crippen LogP) is 5.47. The summed E-state index contributed by atoms with van der Waals surface area (Å²) in [4.78, 5) is 0. The van der Waals surface area contributed by atoms with Crippen molar-refractivity contribution in [3.63, 3.8) is 0 Å². The molecule has 0 heterocycles. The average Bonchev–Trinajstić information content (AvgIpc) is 2.39. The second-order valence-electron chi connectivity index (χ2n) is 5.22. The summed E-state index contributed by atoms with van der Waals surface area (Å²) in [6.07, 6.45) is -7.02. The summed E-state index contributed by atoms with van der Waals surface area (Å²) >= 11 is 0. The molecule has 0 saturated carbocycles. The number of unbranched alkanes of at least 4 members (excludes halogenated alkanes) is 5. The number of hydrogen-bond acceptors (Lipinski definition) is 2. The molecule has 0 aromatic heterocycles. The highest BCUT2D eigenvalue weighted by atomic mass is 19.4. The van der Waals surface area contributed by atoms with Crippen LogP contribution in [-0.4, -0.2) is 32.4 Å². The fraction of sp³-hybridized carbons (Fsp3) is 1.00. The minimum Gasteiger partial charge on any atom is -0.345 e. The quantitative estimate of drug-likeness (QED) is 0.299. The van der Waals surface area contributed by atoms with Gasteiger partial charge in [0.2, 0.25) is 0 Å². The van der Waals surface area contributed by atoms with Gasteiger partial charge < -0.3 is 9.47 Å². The smallest absolute Gasteiger partial charge is 0.345 e. The maximum Gasteiger partial charge on any atom is 0.443 e. The Morgan fingerprint density at radius 2 is 1.23 bits per heavy atom. The first-order chi connectivity index (χ1) is 10.1. The van der Waals surface area contributed by atoms with Crippen LogP contribution in [0.4, 0.5) is 26.3 Å². The van der Waals surface area contributed by atoms with Gasteiger partial charge in [-0.25, -0.2) is 0 Å². The highest BCUT2D eigenvalue weighted by molar-refractivity contribution is 4.90. The van der Waals surface area contributed by atoms with Gasteiger partial charge in [0.1, 0.15) is 5.92 Å². The van der Waals surface area contributed by atoms with Crippen molar-refractivity contribution >= 4 is 0 Å². The van der Waals surface area contributed by atoms with Gasteiger partial charge in [-0.3, -0.25) is 0 Å². The number of rotatable bonds is 10. The molecule has 0 rings (SSSR count). The minimum absolute atomic E-state index is 0.0401. The maximum atomic E-state index is 13.1. The standard InChI is InChI=1S/C14H24F6O2/c1-4-5-6-7-8-9-10-11(13(15,16)17)12(21-2,22-3)14(18,19)20/h11H,4-10H2,1-3H3. The molecule has 0 fully saturated rings. The van der Waals surface area contributed by atoms with Crippen LogP contribution in [0.5, 0.6) is 0 Å². The molecule has 0 aromatic carbocycles. The van der Waals surface area contributed by atoms with Gasteiger partial charge in [-0.15, -0.1) is 0 Å². The summed E-state index contributed by atoms with van der Waals surface area (Å²) in [5.41, 5.74) is 0. The first-order valence-corrected chi connectivity index (χ1v) is 7.30. The Labute approximate surface area is 127 Å². The third-order valence-corrected chi connectivity index (χ3v) is 3.70. The van der Waals surface area contributed by atoms with E-state index in [2.05, 4.69) is 9.47 Å². The summed E-state index contributed by atoms with van der Waals surface area (Å²) in [5, 5.41) is 0. The molecule has 1 unspecified atom stereocenters. The zero-order chi connectivity index (χ0) is 17.4. The van der Waals surface area contributed by atoms with E-state index in [1.54, 1.807) is 0 Å². The second-order valence-corrected chi connectivity index (χ2v) is 5.22. The molecular formula is C14H24F6O2. The maximum absolute atomic E-state index is 13.1. The van der Waals surface area contributed by atoms with Crippen LogP contribution < -0.4 is 0 Å². The van der Waals surface area contributed by atoms with Crippen LogP contribution in [0.2, 0.25) is 0 Å². The van der Waals surface area contributed by atoms with Crippen molar-refractivity contribution in [2.45, 2.75) is 70.0 Å². The molecule has 0 bridgehead atoms. The van der Waals surface area contributed by atoms with Crippen molar-refractivity contribution < 1.29 is 35.8 Å². The van der Waals surface area contributed by atoms with Gasteiger partial charge in [0.05, 0.1) is 0 Å². The highest BCUT2D eigenvalue weighted by Crippen LogP contribution is 2.48. The third kappa shape index (κ3) is 5.61. The van der Waals surface area contributed by atoms with Crippen LogP contribution in [0.3, 0.4) is 0 Å². The molecule has 8 heteroatoms. The Morgan fingerprint density at radius 1 is 0.773 bits per heavy atom. The molecule has 2 nitrogen and oxygen atoms in total. The van der Waals surface area contributed by atoms with Crippen molar-refractivity contribution in [1.29, 1.82) is 0 Å². The molecule has 1 atom stereocenters. The Hall–Kier alpha value is -0.500. The number of ether oxygens (including phenoxy) is 2. The first kappa shape index (κ1) is 21.5. The van der Waals surface area contributed by atoms with Crippen LogP contribution in [0.25, 0.3) is 0 Å². The number of alkyl halides is 6. The molecule has 0 aliphatic rings. The fourth-order valence-electron chi connectivity index (χ4n) is 2.49. The SMILES string of the molecule is CCCCCCCCC(C(F)(F)F)C(OC)(OC)C(F)(F)F. The van der Waals surface area contributed by atoms with Crippen molar-refractivity contribution in [2.24, 2.45) is 5.92 Å². The summed E-state index contributed by atoms with van der Waals surface area (Å²) < 4.78 is 86.9. The van der Waals surface area contributed by atoms with E-state index in [1.807, 2.05) is 6.92 Å². The van der Waals surface area contributed by atoms with Crippen molar-refractivity contribution in [3.05, 3.63) is 0 Å². The van der Waals surface area contributed by atoms with E-state index in [9.17, 15) is 26.3 Å². The summed E-state index contributed by atoms with van der Waals surface area (Å²) in [5.74, 6) is -6.41. The molecule has 0 aliphatic carbocycles. The molecule has 0 N–H and O–H groups in total. The van der Waals surface area contributed by atoms with Crippen LogP contribution in [0.15, 0.2) is 0 Å². The van der Waals surface area contributed by atoms with Crippen molar-refractivity contribution in [1.82, 2.24) is 0 Å². The number of methoxy groups -OCH3 is 2. The molecule has 0 aromatic rings. The predicted molar refractivity (Wildman–Crippen MR) is 70.3 cm³/mol. The molecule has 134 valence electrons. The Kier molecular flexibility index (Phi) is 8.75. The van der Waals surface area contributed by atoms with E-state index in [-0.39, 0.29) is 6.42 Å². The monoisotopic (exact) mass is 338 g/mol. The van der Waals surface area contributed by atoms with Crippen LogP contribution in [0.1, 0.15) is 51.9 Å². The lowest BCUT2D eigenvalue weighted by atomic mass is 9.90. The average molecular weight is 338 g/mol. The molecule has 0 amide bonds. The molecular weight excluding hydrogens is 314 g/mol.